The third-order valence-electron chi connectivity index (χ3n) is 3.93. The van der Waals surface area contributed by atoms with Gasteiger partial charge >= 0.3 is 6.03 Å². The average Bonchev–Trinajstić information content (AvgIpc) is 2.44. The van der Waals surface area contributed by atoms with Crippen LogP contribution in [0.4, 0.5) is 16.2 Å². The first-order valence-electron chi connectivity index (χ1n) is 7.92. The topological polar surface area (TPSA) is 55.8 Å². The van der Waals surface area contributed by atoms with Gasteiger partial charge in [0, 0.05) is 31.5 Å². The zero-order valence-electron chi connectivity index (χ0n) is 14.0. The lowest BCUT2D eigenvalue weighted by Crippen LogP contribution is -2.44. The Bertz CT molecular complexity index is 537. The van der Waals surface area contributed by atoms with Crippen molar-refractivity contribution < 1.29 is 9.90 Å². The van der Waals surface area contributed by atoms with Crippen LogP contribution in [0.5, 0.6) is 0 Å². The molecular weight excluding hydrogens is 278 g/mol. The Labute approximate surface area is 132 Å². The van der Waals surface area contributed by atoms with Gasteiger partial charge in [-0.1, -0.05) is 0 Å². The fraction of sp³-hybridized carbons (Fsp3) is 0.588. The Morgan fingerprint density at radius 2 is 2.18 bits per heavy atom. The van der Waals surface area contributed by atoms with Crippen molar-refractivity contribution in [2.75, 3.05) is 36.9 Å². The second-order valence-electron chi connectivity index (χ2n) is 6.63. The molecule has 0 saturated heterocycles. The fourth-order valence-electron chi connectivity index (χ4n) is 2.86. The van der Waals surface area contributed by atoms with Crippen LogP contribution in [-0.2, 0) is 6.42 Å². The van der Waals surface area contributed by atoms with E-state index in [1.165, 1.54) is 11.3 Å². The van der Waals surface area contributed by atoms with Crippen LogP contribution in [0.3, 0.4) is 0 Å². The summed E-state index contributed by atoms with van der Waals surface area (Å²) in [6.07, 6.45) is 2.19. The molecule has 1 aromatic rings. The highest BCUT2D eigenvalue weighted by Gasteiger charge is 2.22. The molecule has 2 N–H and O–H groups in total. The number of benzene rings is 1. The number of urea groups is 1. The van der Waals surface area contributed by atoms with Gasteiger partial charge in [-0.05, 0) is 57.4 Å². The zero-order chi connectivity index (χ0) is 16.3. The number of likely N-dealkylation sites (N-methyl/N-ethyl adjacent to an activating group) is 1. The SMILES string of the molecule is CCN(CC(C)(C)O)C(=O)Nc1ccc2c(c1)CCCN2C. The van der Waals surface area contributed by atoms with Gasteiger partial charge in [-0.2, -0.15) is 0 Å². The van der Waals surface area contributed by atoms with Crippen LogP contribution in [0.1, 0.15) is 32.8 Å². The highest BCUT2D eigenvalue weighted by molar-refractivity contribution is 5.89. The minimum Gasteiger partial charge on any atom is -0.389 e. The van der Waals surface area contributed by atoms with Crippen molar-refractivity contribution in [3.05, 3.63) is 23.8 Å². The number of carbonyl (C=O) groups excluding carboxylic acids is 1. The predicted molar refractivity (Wildman–Crippen MR) is 90.6 cm³/mol. The summed E-state index contributed by atoms with van der Waals surface area (Å²) in [6.45, 7) is 7.27. The summed E-state index contributed by atoms with van der Waals surface area (Å²) < 4.78 is 0. The van der Waals surface area contributed by atoms with E-state index in [4.69, 9.17) is 0 Å². The maximum absolute atomic E-state index is 12.3. The van der Waals surface area contributed by atoms with E-state index in [9.17, 15) is 9.90 Å². The average molecular weight is 305 g/mol. The molecule has 22 heavy (non-hydrogen) atoms. The largest absolute Gasteiger partial charge is 0.389 e. The molecule has 0 aromatic heterocycles. The number of nitrogens with zero attached hydrogens (tertiary/aromatic N) is 2. The highest BCUT2D eigenvalue weighted by Crippen LogP contribution is 2.28. The summed E-state index contributed by atoms with van der Waals surface area (Å²) in [5.74, 6) is 0. The summed E-state index contributed by atoms with van der Waals surface area (Å²) in [5, 5.41) is 12.8. The molecule has 122 valence electrons. The number of hydrogen-bond donors (Lipinski definition) is 2. The molecule has 1 aromatic carbocycles. The number of amides is 2. The van der Waals surface area contributed by atoms with E-state index in [2.05, 4.69) is 29.4 Å². The van der Waals surface area contributed by atoms with E-state index in [0.717, 1.165) is 25.1 Å². The van der Waals surface area contributed by atoms with Crippen molar-refractivity contribution in [1.29, 1.82) is 0 Å². The van der Waals surface area contributed by atoms with Crippen LogP contribution in [0.25, 0.3) is 0 Å². The summed E-state index contributed by atoms with van der Waals surface area (Å²) in [6, 6.07) is 5.89. The van der Waals surface area contributed by atoms with Gasteiger partial charge in [-0.15, -0.1) is 0 Å². The van der Waals surface area contributed by atoms with E-state index in [1.54, 1.807) is 18.7 Å². The van der Waals surface area contributed by atoms with Gasteiger partial charge in [0.2, 0.25) is 0 Å². The molecule has 1 heterocycles. The number of aliphatic hydroxyl groups is 1. The van der Waals surface area contributed by atoms with Crippen LogP contribution in [0.2, 0.25) is 0 Å². The lowest BCUT2D eigenvalue weighted by atomic mass is 10.0. The molecule has 0 unspecified atom stereocenters. The van der Waals surface area contributed by atoms with Gasteiger partial charge in [-0.3, -0.25) is 0 Å². The molecule has 0 aliphatic carbocycles. The number of fused-ring (bicyclic) bond motifs is 1. The molecule has 2 amide bonds. The predicted octanol–water partition coefficient (Wildman–Crippen LogP) is 2.69. The van der Waals surface area contributed by atoms with Gasteiger partial charge in [-0.25, -0.2) is 4.79 Å². The summed E-state index contributed by atoms with van der Waals surface area (Å²) in [5.41, 5.74) is 2.43. The smallest absolute Gasteiger partial charge is 0.321 e. The lowest BCUT2D eigenvalue weighted by molar-refractivity contribution is 0.0501. The summed E-state index contributed by atoms with van der Waals surface area (Å²) >= 11 is 0. The van der Waals surface area contributed by atoms with E-state index in [-0.39, 0.29) is 6.03 Å². The second-order valence-corrected chi connectivity index (χ2v) is 6.63. The van der Waals surface area contributed by atoms with Crippen LogP contribution in [0.15, 0.2) is 18.2 Å². The van der Waals surface area contributed by atoms with E-state index >= 15 is 0 Å². The fourth-order valence-corrected chi connectivity index (χ4v) is 2.86. The van der Waals surface area contributed by atoms with Gasteiger partial charge in [0.1, 0.15) is 0 Å². The quantitative estimate of drug-likeness (QED) is 0.899. The van der Waals surface area contributed by atoms with Gasteiger partial charge < -0.3 is 20.2 Å². The third kappa shape index (κ3) is 4.13. The number of hydrogen-bond acceptors (Lipinski definition) is 3. The Morgan fingerprint density at radius 1 is 1.45 bits per heavy atom. The molecule has 0 fully saturated rings. The minimum atomic E-state index is -0.897. The van der Waals surface area contributed by atoms with Crippen molar-refractivity contribution in [2.24, 2.45) is 0 Å². The lowest BCUT2D eigenvalue weighted by Gasteiger charge is -2.29. The van der Waals surface area contributed by atoms with Crippen LogP contribution in [-0.4, -0.2) is 48.3 Å². The Morgan fingerprint density at radius 3 is 2.82 bits per heavy atom. The van der Waals surface area contributed by atoms with Gasteiger partial charge in [0.15, 0.2) is 0 Å². The molecule has 0 bridgehead atoms. The number of carbonyl (C=O) groups is 1. The number of rotatable bonds is 4. The van der Waals surface area contributed by atoms with E-state index in [0.29, 0.717) is 13.1 Å². The molecule has 0 radical (unpaired) electrons. The van der Waals surface area contributed by atoms with Crippen molar-refractivity contribution in [1.82, 2.24) is 4.90 Å². The maximum Gasteiger partial charge on any atom is 0.321 e. The second kappa shape index (κ2) is 6.57. The molecule has 0 saturated carbocycles. The van der Waals surface area contributed by atoms with Gasteiger partial charge in [0.25, 0.3) is 0 Å². The van der Waals surface area contributed by atoms with Crippen molar-refractivity contribution in [3.8, 4) is 0 Å². The molecule has 5 nitrogen and oxygen atoms in total. The first-order chi connectivity index (χ1) is 10.3. The third-order valence-corrected chi connectivity index (χ3v) is 3.93. The van der Waals surface area contributed by atoms with Crippen molar-refractivity contribution in [2.45, 2.75) is 39.2 Å². The minimum absolute atomic E-state index is 0.172. The monoisotopic (exact) mass is 305 g/mol. The molecule has 1 aliphatic heterocycles. The Balaban J connectivity index is 2.08. The maximum atomic E-state index is 12.3. The number of nitrogens with one attached hydrogen (secondary N) is 1. The van der Waals surface area contributed by atoms with Crippen LogP contribution in [0, 0.1) is 0 Å². The van der Waals surface area contributed by atoms with E-state index < -0.39 is 5.60 Å². The number of anilines is 2. The standard InChI is InChI=1S/C17H27N3O2/c1-5-20(12-17(2,3)22)16(21)18-14-8-9-15-13(11-14)7-6-10-19(15)4/h8-9,11,22H,5-7,10,12H2,1-4H3,(H,18,21). The number of aryl methyl sites for hydroxylation is 1. The summed E-state index contributed by atoms with van der Waals surface area (Å²) in [4.78, 5) is 16.2. The molecule has 2 rings (SSSR count). The highest BCUT2D eigenvalue weighted by atomic mass is 16.3. The first-order valence-corrected chi connectivity index (χ1v) is 7.92. The molecule has 0 atom stereocenters. The van der Waals surface area contributed by atoms with E-state index in [1.807, 2.05) is 13.0 Å². The van der Waals surface area contributed by atoms with Crippen molar-refractivity contribution in [3.63, 3.8) is 0 Å². The molecule has 1 aliphatic rings. The molecule has 5 heteroatoms. The summed E-state index contributed by atoms with van der Waals surface area (Å²) in [7, 11) is 2.10. The molecule has 0 spiro atoms. The Hall–Kier alpha value is -1.75. The van der Waals surface area contributed by atoms with Gasteiger partial charge in [0.05, 0.1) is 12.1 Å². The normalized spacial score (nSPS) is 14.5. The zero-order valence-corrected chi connectivity index (χ0v) is 14.0. The first kappa shape index (κ1) is 16.6. The van der Waals surface area contributed by atoms with Crippen LogP contribution < -0.4 is 10.2 Å². The Kier molecular flexibility index (Phi) is 4.96. The molecular formula is C17H27N3O2. The van der Waals surface area contributed by atoms with Crippen molar-refractivity contribution >= 4 is 17.4 Å². The van der Waals surface area contributed by atoms with Crippen LogP contribution >= 0.6 is 0 Å².